The van der Waals surface area contributed by atoms with Crippen LogP contribution in [0.25, 0.3) is 11.1 Å². The van der Waals surface area contributed by atoms with E-state index in [1.165, 1.54) is 12.0 Å². The predicted octanol–water partition coefficient (Wildman–Crippen LogP) is 5.99. The van der Waals surface area contributed by atoms with Crippen LogP contribution in [0, 0.1) is 6.92 Å². The van der Waals surface area contributed by atoms with E-state index >= 15 is 0 Å². The first kappa shape index (κ1) is 27.2. The van der Waals surface area contributed by atoms with Gasteiger partial charge in [-0.2, -0.15) is 13.2 Å². The zero-order valence-corrected chi connectivity index (χ0v) is 22.8. The average Bonchev–Trinajstić information content (AvgIpc) is 3.73. The lowest BCUT2D eigenvalue weighted by Crippen LogP contribution is -2.49. The van der Waals surface area contributed by atoms with Crippen LogP contribution < -0.4 is 9.64 Å². The smallest absolute Gasteiger partial charge is 0.416 e. The van der Waals surface area contributed by atoms with E-state index in [-0.39, 0.29) is 25.2 Å². The van der Waals surface area contributed by atoms with Crippen molar-refractivity contribution in [2.24, 2.45) is 0 Å². The van der Waals surface area contributed by atoms with E-state index in [1.807, 2.05) is 6.07 Å². The van der Waals surface area contributed by atoms with Crippen molar-refractivity contribution in [1.29, 1.82) is 0 Å². The molecule has 0 radical (unpaired) electrons. The van der Waals surface area contributed by atoms with Gasteiger partial charge in [-0.25, -0.2) is 24.1 Å². The fourth-order valence-electron chi connectivity index (χ4n) is 5.42. The van der Waals surface area contributed by atoms with Gasteiger partial charge in [0.2, 0.25) is 11.8 Å². The number of halogens is 4. The van der Waals surface area contributed by atoms with Crippen molar-refractivity contribution in [2.45, 2.75) is 63.6 Å². The van der Waals surface area contributed by atoms with Gasteiger partial charge in [0.05, 0.1) is 44.0 Å². The van der Waals surface area contributed by atoms with Gasteiger partial charge in [0, 0.05) is 23.5 Å². The Hall–Kier alpha value is -3.96. The number of pyridine rings is 1. The molecule has 2 aromatic heterocycles. The minimum Gasteiger partial charge on any atom is -0.481 e. The first-order chi connectivity index (χ1) is 19.5. The van der Waals surface area contributed by atoms with Crippen LogP contribution in [-0.2, 0) is 17.5 Å². The SMILES string of the molecule is COc1ncc(C2CC2)cc1-c1cnc(N2CC(F)C2)nc1CN1C(=O)O[C@H](c2cc(C)cc(C(F)(F)F)c2)[C@@H]1C. The van der Waals surface area contributed by atoms with E-state index in [9.17, 15) is 22.4 Å². The van der Waals surface area contributed by atoms with Gasteiger partial charge < -0.3 is 14.4 Å². The monoisotopic (exact) mass is 571 g/mol. The summed E-state index contributed by atoms with van der Waals surface area (Å²) in [6.45, 7) is 3.62. The molecule has 216 valence electrons. The molecule has 2 aliphatic heterocycles. The van der Waals surface area contributed by atoms with Crippen molar-refractivity contribution in [3.8, 4) is 17.0 Å². The maximum absolute atomic E-state index is 13.6. The van der Waals surface area contributed by atoms with E-state index in [4.69, 9.17) is 14.5 Å². The number of anilines is 1. The number of carbonyl (C=O) groups excluding carboxylic acids is 1. The first-order valence-electron chi connectivity index (χ1n) is 13.5. The molecule has 2 saturated heterocycles. The second-order valence-electron chi connectivity index (χ2n) is 10.9. The molecule has 3 aliphatic rings. The van der Waals surface area contributed by atoms with Crippen molar-refractivity contribution < 1.29 is 31.8 Å². The van der Waals surface area contributed by atoms with Crippen LogP contribution in [0.1, 0.15) is 59.7 Å². The average molecular weight is 572 g/mol. The molecule has 0 N–H and O–H groups in total. The number of amides is 1. The van der Waals surface area contributed by atoms with E-state index in [0.29, 0.717) is 40.1 Å². The molecule has 3 aromatic rings. The Kier molecular flexibility index (Phi) is 6.74. The summed E-state index contributed by atoms with van der Waals surface area (Å²) in [5.74, 6) is 1.12. The lowest BCUT2D eigenvalue weighted by Gasteiger charge is -2.34. The van der Waals surface area contributed by atoms with Crippen LogP contribution in [0.4, 0.5) is 28.3 Å². The highest BCUT2D eigenvalue weighted by atomic mass is 19.4. The van der Waals surface area contributed by atoms with Gasteiger partial charge in [0.15, 0.2) is 0 Å². The third-order valence-electron chi connectivity index (χ3n) is 7.85. The third kappa shape index (κ3) is 5.27. The molecule has 6 rings (SSSR count). The molecule has 8 nitrogen and oxygen atoms in total. The lowest BCUT2D eigenvalue weighted by atomic mass is 9.98. The minimum absolute atomic E-state index is 0.0109. The van der Waals surface area contributed by atoms with Crippen LogP contribution in [-0.4, -0.2) is 58.4 Å². The van der Waals surface area contributed by atoms with Gasteiger partial charge in [-0.3, -0.25) is 4.90 Å². The summed E-state index contributed by atoms with van der Waals surface area (Å²) in [4.78, 5) is 30.0. The van der Waals surface area contributed by atoms with Crippen molar-refractivity contribution in [2.75, 3.05) is 25.1 Å². The fourth-order valence-corrected chi connectivity index (χ4v) is 5.42. The minimum atomic E-state index is -4.53. The summed E-state index contributed by atoms with van der Waals surface area (Å²) in [5.41, 5.74) is 2.67. The molecule has 4 heterocycles. The Morgan fingerprint density at radius 1 is 1.05 bits per heavy atom. The Morgan fingerprint density at radius 2 is 1.80 bits per heavy atom. The highest BCUT2D eigenvalue weighted by molar-refractivity contribution is 5.74. The third-order valence-corrected chi connectivity index (χ3v) is 7.85. The largest absolute Gasteiger partial charge is 0.481 e. The Morgan fingerprint density at radius 3 is 2.46 bits per heavy atom. The number of ether oxygens (including phenoxy) is 2. The van der Waals surface area contributed by atoms with Crippen LogP contribution in [0.5, 0.6) is 5.88 Å². The lowest BCUT2D eigenvalue weighted by molar-refractivity contribution is -0.137. The number of nitrogens with zero attached hydrogens (tertiary/aromatic N) is 5. The second-order valence-corrected chi connectivity index (χ2v) is 10.9. The van der Waals surface area contributed by atoms with E-state index in [1.54, 1.807) is 37.2 Å². The summed E-state index contributed by atoms with van der Waals surface area (Å²) in [6, 6.07) is 5.07. The van der Waals surface area contributed by atoms with E-state index < -0.39 is 36.2 Å². The maximum Gasteiger partial charge on any atom is 0.416 e. The highest BCUT2D eigenvalue weighted by Gasteiger charge is 2.42. The van der Waals surface area contributed by atoms with Crippen LogP contribution in [0.2, 0.25) is 0 Å². The Labute approximate surface area is 234 Å². The summed E-state index contributed by atoms with van der Waals surface area (Å²) in [5, 5.41) is 0. The molecule has 3 fully saturated rings. The number of benzene rings is 1. The Balaban J connectivity index is 1.36. The van der Waals surface area contributed by atoms with Crippen molar-refractivity contribution >= 4 is 12.0 Å². The topological polar surface area (TPSA) is 80.7 Å². The summed E-state index contributed by atoms with van der Waals surface area (Å²) >= 11 is 0. The molecular weight excluding hydrogens is 542 g/mol. The van der Waals surface area contributed by atoms with Gasteiger partial charge >= 0.3 is 12.3 Å². The normalized spacial score (nSPS) is 21.2. The van der Waals surface area contributed by atoms with Crippen molar-refractivity contribution in [3.63, 3.8) is 0 Å². The number of carbonyl (C=O) groups is 1. The van der Waals surface area contributed by atoms with Gasteiger partial charge in [0.1, 0.15) is 12.3 Å². The van der Waals surface area contributed by atoms with Crippen LogP contribution in [0.15, 0.2) is 36.7 Å². The fraction of sp³-hybridized carbons (Fsp3) is 0.448. The standard InChI is InChI=1S/C29H29F4N5O3/c1-15-6-18(8-20(7-15)29(31,32)33)25-16(2)38(28(39)41-25)14-24-23(11-35-27(36-24)37-12-21(30)13-37)22-9-19(17-4-5-17)10-34-26(22)40-3/h6-11,16-17,21,25H,4-5,12-14H2,1-3H3/t16-,25-/m0/s1. The molecule has 41 heavy (non-hydrogen) atoms. The van der Waals surface area contributed by atoms with Gasteiger partial charge in [-0.05, 0) is 61.9 Å². The number of hydrogen-bond acceptors (Lipinski definition) is 7. The predicted molar refractivity (Wildman–Crippen MR) is 141 cm³/mol. The molecule has 0 unspecified atom stereocenters. The molecule has 1 aromatic carbocycles. The van der Waals surface area contributed by atoms with Crippen LogP contribution >= 0.6 is 0 Å². The Bertz CT molecular complexity index is 1490. The number of alkyl halides is 4. The van der Waals surface area contributed by atoms with Crippen molar-refractivity contribution in [1.82, 2.24) is 19.9 Å². The molecule has 12 heteroatoms. The van der Waals surface area contributed by atoms with Crippen LogP contribution in [0.3, 0.4) is 0 Å². The maximum atomic E-state index is 13.6. The highest BCUT2D eigenvalue weighted by Crippen LogP contribution is 2.43. The zero-order valence-electron chi connectivity index (χ0n) is 22.8. The van der Waals surface area contributed by atoms with E-state index in [0.717, 1.165) is 30.5 Å². The number of aryl methyl sites for hydroxylation is 1. The summed E-state index contributed by atoms with van der Waals surface area (Å²) in [7, 11) is 1.51. The number of aromatic nitrogens is 3. The first-order valence-corrected chi connectivity index (χ1v) is 13.5. The molecule has 0 spiro atoms. The number of hydrogen-bond donors (Lipinski definition) is 0. The quantitative estimate of drug-likeness (QED) is 0.322. The molecule has 1 saturated carbocycles. The second kappa shape index (κ2) is 10.1. The number of methoxy groups -OCH3 is 1. The van der Waals surface area contributed by atoms with E-state index in [2.05, 4.69) is 9.97 Å². The molecule has 0 bridgehead atoms. The molecule has 2 atom stereocenters. The summed E-state index contributed by atoms with van der Waals surface area (Å²) in [6.07, 6.45) is -1.52. The molecule has 1 amide bonds. The van der Waals surface area contributed by atoms with Crippen molar-refractivity contribution in [3.05, 3.63) is 64.6 Å². The molecule has 1 aliphatic carbocycles. The number of cyclic esters (lactones) is 1. The van der Waals surface area contributed by atoms with Gasteiger partial charge in [-0.1, -0.05) is 11.6 Å². The zero-order chi connectivity index (χ0) is 29.1. The van der Waals surface area contributed by atoms with Gasteiger partial charge in [-0.15, -0.1) is 0 Å². The number of rotatable bonds is 7. The summed E-state index contributed by atoms with van der Waals surface area (Å²) < 4.78 is 65.3. The van der Waals surface area contributed by atoms with Gasteiger partial charge in [0.25, 0.3) is 0 Å². The molecular formula is C29H29F4N5O3.